The minimum absolute atomic E-state index is 0.00505. The van der Waals surface area contributed by atoms with Crippen LogP contribution in [0.3, 0.4) is 0 Å². The number of benzene rings is 1. The molecule has 0 aliphatic carbocycles. The van der Waals surface area contributed by atoms with Crippen molar-refractivity contribution in [2.75, 3.05) is 5.75 Å². The molecule has 3 aromatic rings. The fourth-order valence-corrected chi connectivity index (χ4v) is 2.90. The number of fused-ring (bicyclic) bond motifs is 1. The first-order valence-electron chi connectivity index (χ1n) is 6.51. The van der Waals surface area contributed by atoms with Crippen molar-refractivity contribution in [3.05, 3.63) is 42.7 Å². The summed E-state index contributed by atoms with van der Waals surface area (Å²) in [5.74, 6) is -0.837. The summed E-state index contributed by atoms with van der Waals surface area (Å²) < 4.78 is 3.89. The Morgan fingerprint density at radius 2 is 2.10 bits per heavy atom. The lowest BCUT2D eigenvalue weighted by Gasteiger charge is -2.08. The molecule has 0 unspecified atom stereocenters. The van der Waals surface area contributed by atoms with E-state index in [2.05, 4.69) is 10.1 Å². The number of nitrogens with zero attached hydrogens (tertiary/aromatic N) is 4. The summed E-state index contributed by atoms with van der Waals surface area (Å²) in [7, 11) is 0. The van der Waals surface area contributed by atoms with Crippen LogP contribution in [0.2, 0.25) is 0 Å². The topological polar surface area (TPSA) is 72.9 Å². The first-order valence-corrected chi connectivity index (χ1v) is 7.50. The highest BCUT2D eigenvalue weighted by molar-refractivity contribution is 7.99. The zero-order valence-corrected chi connectivity index (χ0v) is 12.0. The molecule has 2 aromatic heterocycles. The zero-order valence-electron chi connectivity index (χ0n) is 11.2. The number of aliphatic carboxylic acids is 1. The molecule has 7 heteroatoms. The van der Waals surface area contributed by atoms with E-state index >= 15 is 0 Å². The van der Waals surface area contributed by atoms with E-state index in [1.807, 2.05) is 45.8 Å². The zero-order chi connectivity index (χ0) is 14.7. The summed E-state index contributed by atoms with van der Waals surface area (Å²) in [6.45, 7) is 1.41. The number of hydrogen-bond acceptors (Lipinski definition) is 4. The third-order valence-corrected chi connectivity index (χ3v) is 4.02. The van der Waals surface area contributed by atoms with Crippen molar-refractivity contribution in [3.63, 3.8) is 0 Å². The Kier molecular flexibility index (Phi) is 3.92. The normalized spacial score (nSPS) is 11.0. The molecule has 0 saturated heterocycles. The van der Waals surface area contributed by atoms with Crippen LogP contribution in [0.15, 0.2) is 47.9 Å². The number of aryl methyl sites for hydroxylation is 2. The van der Waals surface area contributed by atoms with Gasteiger partial charge in [0.1, 0.15) is 0 Å². The number of para-hydroxylation sites is 2. The predicted molar refractivity (Wildman–Crippen MR) is 80.3 cm³/mol. The van der Waals surface area contributed by atoms with Crippen molar-refractivity contribution < 1.29 is 9.90 Å². The van der Waals surface area contributed by atoms with Gasteiger partial charge in [-0.3, -0.25) is 9.48 Å². The van der Waals surface area contributed by atoms with Gasteiger partial charge in [-0.25, -0.2) is 4.98 Å². The van der Waals surface area contributed by atoms with Crippen molar-refractivity contribution in [3.8, 4) is 0 Å². The third-order valence-electron chi connectivity index (χ3n) is 3.06. The molecular weight excluding hydrogens is 288 g/mol. The van der Waals surface area contributed by atoms with Gasteiger partial charge in [-0.05, 0) is 18.2 Å². The molecule has 108 valence electrons. The minimum Gasteiger partial charge on any atom is -0.481 e. The maximum Gasteiger partial charge on any atom is 0.313 e. The van der Waals surface area contributed by atoms with Crippen LogP contribution in [0.1, 0.15) is 0 Å². The van der Waals surface area contributed by atoms with Gasteiger partial charge in [0, 0.05) is 18.9 Å². The number of hydrogen-bond donors (Lipinski definition) is 1. The van der Waals surface area contributed by atoms with Crippen LogP contribution in [-0.4, -0.2) is 36.2 Å². The molecule has 0 atom stereocenters. The molecule has 1 aromatic carbocycles. The molecular formula is C14H14N4O2S. The second-order valence-electron chi connectivity index (χ2n) is 4.49. The summed E-state index contributed by atoms with van der Waals surface area (Å²) in [6, 6.07) is 9.70. The fraction of sp³-hybridized carbons (Fsp3) is 0.214. The Labute approximate surface area is 125 Å². The quantitative estimate of drug-likeness (QED) is 0.706. The SMILES string of the molecule is O=C(O)CSc1nc2ccccc2n1CCn1cccn1. The Morgan fingerprint density at radius 1 is 1.24 bits per heavy atom. The second kappa shape index (κ2) is 6.01. The van der Waals surface area contributed by atoms with Crippen molar-refractivity contribution in [1.29, 1.82) is 0 Å². The van der Waals surface area contributed by atoms with Crippen LogP contribution >= 0.6 is 11.8 Å². The summed E-state index contributed by atoms with van der Waals surface area (Å²) in [4.78, 5) is 15.3. The van der Waals surface area contributed by atoms with Crippen LogP contribution in [0.4, 0.5) is 0 Å². The molecule has 0 aliphatic rings. The average Bonchev–Trinajstić information content (AvgIpc) is 3.10. The number of rotatable bonds is 6. The van der Waals surface area contributed by atoms with Gasteiger partial charge in [0.15, 0.2) is 5.16 Å². The number of thioether (sulfide) groups is 1. The maximum absolute atomic E-state index is 10.8. The number of carboxylic acids is 1. The summed E-state index contributed by atoms with van der Waals surface area (Å²) in [5, 5.41) is 13.8. The molecule has 0 bridgehead atoms. The fourth-order valence-electron chi connectivity index (χ4n) is 2.14. The lowest BCUT2D eigenvalue weighted by Crippen LogP contribution is -2.09. The van der Waals surface area contributed by atoms with E-state index in [-0.39, 0.29) is 5.75 Å². The lowest BCUT2D eigenvalue weighted by atomic mass is 10.3. The van der Waals surface area contributed by atoms with Crippen molar-refractivity contribution in [1.82, 2.24) is 19.3 Å². The Morgan fingerprint density at radius 3 is 2.86 bits per heavy atom. The van der Waals surface area contributed by atoms with E-state index in [4.69, 9.17) is 5.11 Å². The third kappa shape index (κ3) is 3.08. The molecule has 0 radical (unpaired) electrons. The summed E-state index contributed by atoms with van der Waals surface area (Å²) in [6.07, 6.45) is 3.65. The highest BCUT2D eigenvalue weighted by Gasteiger charge is 2.12. The first-order chi connectivity index (χ1) is 10.2. The van der Waals surface area contributed by atoms with Gasteiger partial charge in [-0.1, -0.05) is 23.9 Å². The van der Waals surface area contributed by atoms with E-state index < -0.39 is 5.97 Å². The molecule has 0 amide bonds. The van der Waals surface area contributed by atoms with E-state index in [1.54, 1.807) is 6.20 Å². The molecule has 0 fully saturated rings. The van der Waals surface area contributed by atoms with Crippen LogP contribution in [0.5, 0.6) is 0 Å². The summed E-state index contributed by atoms with van der Waals surface area (Å²) in [5.41, 5.74) is 1.89. The molecule has 3 rings (SSSR count). The Hall–Kier alpha value is -2.28. The number of imidazole rings is 1. The van der Waals surface area contributed by atoms with Gasteiger partial charge in [0.2, 0.25) is 0 Å². The number of carboxylic acid groups (broad SMARTS) is 1. The van der Waals surface area contributed by atoms with Gasteiger partial charge in [-0.2, -0.15) is 5.10 Å². The van der Waals surface area contributed by atoms with E-state index in [0.717, 1.165) is 16.2 Å². The number of aromatic nitrogens is 4. The Bertz CT molecular complexity index is 752. The molecule has 1 N–H and O–H groups in total. The van der Waals surface area contributed by atoms with Crippen molar-refractivity contribution in [2.45, 2.75) is 18.2 Å². The van der Waals surface area contributed by atoms with Crippen LogP contribution in [-0.2, 0) is 17.9 Å². The highest BCUT2D eigenvalue weighted by atomic mass is 32.2. The maximum atomic E-state index is 10.8. The Balaban J connectivity index is 1.89. The van der Waals surface area contributed by atoms with Crippen LogP contribution < -0.4 is 0 Å². The van der Waals surface area contributed by atoms with Gasteiger partial charge in [0.25, 0.3) is 0 Å². The molecule has 21 heavy (non-hydrogen) atoms. The first kappa shape index (κ1) is 13.7. The minimum atomic E-state index is -0.842. The molecule has 0 aliphatic heterocycles. The van der Waals surface area contributed by atoms with Gasteiger partial charge in [0.05, 0.1) is 23.3 Å². The van der Waals surface area contributed by atoms with Crippen LogP contribution in [0.25, 0.3) is 11.0 Å². The van der Waals surface area contributed by atoms with Crippen molar-refractivity contribution in [2.24, 2.45) is 0 Å². The number of carbonyl (C=O) groups is 1. The smallest absolute Gasteiger partial charge is 0.313 e. The van der Waals surface area contributed by atoms with Crippen molar-refractivity contribution >= 4 is 28.8 Å². The van der Waals surface area contributed by atoms with Gasteiger partial charge >= 0.3 is 5.97 Å². The largest absolute Gasteiger partial charge is 0.481 e. The second-order valence-corrected chi connectivity index (χ2v) is 5.43. The molecule has 2 heterocycles. The monoisotopic (exact) mass is 302 g/mol. The van der Waals surface area contributed by atoms with Gasteiger partial charge < -0.3 is 9.67 Å². The standard InChI is InChI=1S/C14H14N4O2S/c19-13(20)10-21-14-16-11-4-1-2-5-12(11)18(14)9-8-17-7-3-6-15-17/h1-7H,8-10H2,(H,19,20). The lowest BCUT2D eigenvalue weighted by molar-refractivity contribution is -0.133. The van der Waals surface area contributed by atoms with Gasteiger partial charge in [-0.15, -0.1) is 0 Å². The predicted octanol–water partition coefficient (Wildman–Crippen LogP) is 2.11. The average molecular weight is 302 g/mol. The van der Waals surface area contributed by atoms with E-state index in [1.165, 1.54) is 11.8 Å². The summed E-state index contributed by atoms with van der Waals surface area (Å²) >= 11 is 1.24. The van der Waals surface area contributed by atoms with E-state index in [0.29, 0.717) is 13.1 Å². The molecule has 0 spiro atoms. The molecule has 6 nitrogen and oxygen atoms in total. The van der Waals surface area contributed by atoms with E-state index in [9.17, 15) is 4.79 Å². The van der Waals surface area contributed by atoms with Crippen LogP contribution in [0, 0.1) is 0 Å². The molecule has 0 saturated carbocycles. The highest BCUT2D eigenvalue weighted by Crippen LogP contribution is 2.24.